The molecule has 1 aromatic heterocycles. The molecule has 0 fully saturated rings. The van der Waals surface area contributed by atoms with E-state index in [4.69, 9.17) is 4.74 Å². The number of aromatic nitrogens is 2. The summed E-state index contributed by atoms with van der Waals surface area (Å²) in [5, 5.41) is 2.42. The van der Waals surface area contributed by atoms with Gasteiger partial charge in [0.05, 0.1) is 5.70 Å². The number of carbonyl (C=O) groups is 4. The molecule has 120 valence electrons. The largest absolute Gasteiger partial charge is 0.454 e. The van der Waals surface area contributed by atoms with Crippen molar-refractivity contribution in [2.75, 3.05) is 0 Å². The topological polar surface area (TPSA) is 107 Å². The van der Waals surface area contributed by atoms with E-state index in [1.807, 2.05) is 0 Å². The summed E-state index contributed by atoms with van der Waals surface area (Å²) >= 11 is 0. The highest BCUT2D eigenvalue weighted by Gasteiger charge is 2.40. The number of ketones is 2. The minimum atomic E-state index is -0.566. The maximum atomic E-state index is 12.7. The highest BCUT2D eigenvalue weighted by molar-refractivity contribution is 6.26. The Balaban J connectivity index is 2.08. The van der Waals surface area contributed by atoms with Gasteiger partial charge in [0, 0.05) is 32.4 Å². The molecule has 8 heteroatoms. The number of imidazole rings is 1. The summed E-state index contributed by atoms with van der Waals surface area (Å²) in [5.41, 5.74) is 0.328. The van der Waals surface area contributed by atoms with E-state index >= 15 is 0 Å². The molecule has 0 aromatic carbocycles. The first-order chi connectivity index (χ1) is 10.8. The molecule has 1 N–H and O–H groups in total. The molecule has 1 atom stereocenters. The van der Waals surface area contributed by atoms with Crippen molar-refractivity contribution < 1.29 is 23.9 Å². The van der Waals surface area contributed by atoms with Gasteiger partial charge >= 0.3 is 5.97 Å². The Morgan fingerprint density at radius 1 is 1.26 bits per heavy atom. The van der Waals surface area contributed by atoms with E-state index in [0.29, 0.717) is 18.8 Å². The molecule has 0 radical (unpaired) electrons. The number of fused-ring (bicyclic) bond motifs is 3. The maximum Gasteiger partial charge on any atom is 0.303 e. The van der Waals surface area contributed by atoms with Crippen LogP contribution in [-0.2, 0) is 20.9 Å². The maximum absolute atomic E-state index is 12.7. The lowest BCUT2D eigenvalue weighted by Gasteiger charge is -2.17. The molecular weight excluding hydrogens is 302 g/mol. The Morgan fingerprint density at radius 3 is 2.57 bits per heavy atom. The zero-order valence-corrected chi connectivity index (χ0v) is 12.9. The van der Waals surface area contributed by atoms with Gasteiger partial charge in [0.2, 0.25) is 17.5 Å². The summed E-state index contributed by atoms with van der Waals surface area (Å²) in [4.78, 5) is 51.8. The van der Waals surface area contributed by atoms with E-state index in [1.165, 1.54) is 20.8 Å². The molecule has 2 aliphatic rings. The van der Waals surface area contributed by atoms with Crippen LogP contribution in [0, 0.1) is 0 Å². The van der Waals surface area contributed by atoms with Crippen molar-refractivity contribution in [3.63, 3.8) is 0 Å². The predicted octanol–water partition coefficient (Wildman–Crippen LogP) is 0.680. The van der Waals surface area contributed by atoms with Gasteiger partial charge in [-0.1, -0.05) is 0 Å². The van der Waals surface area contributed by atoms with Gasteiger partial charge in [-0.3, -0.25) is 19.2 Å². The average Bonchev–Trinajstić information content (AvgIpc) is 3.01. The Kier molecular flexibility index (Phi) is 3.39. The first-order valence-electron chi connectivity index (χ1n) is 7.16. The minimum absolute atomic E-state index is 0.0198. The SMILES string of the molecule is CC(=O)NC1=C(C)C(=O)c2nc3n(c2C1=O)CCC3OC(C)=O. The highest BCUT2D eigenvalue weighted by Crippen LogP contribution is 2.35. The van der Waals surface area contributed by atoms with Crippen molar-refractivity contribution in [2.24, 2.45) is 0 Å². The third-order valence-electron chi connectivity index (χ3n) is 3.88. The van der Waals surface area contributed by atoms with Crippen LogP contribution in [0.25, 0.3) is 0 Å². The fourth-order valence-electron chi connectivity index (χ4n) is 2.92. The van der Waals surface area contributed by atoms with E-state index in [2.05, 4.69) is 10.3 Å². The van der Waals surface area contributed by atoms with Gasteiger partial charge in [0.25, 0.3) is 0 Å². The zero-order chi connectivity index (χ0) is 16.9. The number of Topliss-reactive ketones (excluding diaryl/α,β-unsaturated/α-hetero) is 2. The second-order valence-corrected chi connectivity index (χ2v) is 5.55. The molecule has 23 heavy (non-hydrogen) atoms. The number of ether oxygens (including phenoxy) is 1. The van der Waals surface area contributed by atoms with Crippen molar-refractivity contribution >= 4 is 23.4 Å². The second-order valence-electron chi connectivity index (χ2n) is 5.55. The van der Waals surface area contributed by atoms with E-state index in [9.17, 15) is 19.2 Å². The third kappa shape index (κ3) is 2.26. The number of allylic oxidation sites excluding steroid dienone is 2. The third-order valence-corrected chi connectivity index (χ3v) is 3.88. The van der Waals surface area contributed by atoms with Crippen LogP contribution in [0.5, 0.6) is 0 Å². The van der Waals surface area contributed by atoms with Gasteiger partial charge in [-0.25, -0.2) is 4.98 Å². The molecular formula is C15H15N3O5. The number of nitrogens with zero attached hydrogens (tertiary/aromatic N) is 2. The van der Waals surface area contributed by atoms with E-state index in [-0.39, 0.29) is 22.7 Å². The van der Waals surface area contributed by atoms with Crippen molar-refractivity contribution in [2.45, 2.75) is 39.8 Å². The number of hydrogen-bond acceptors (Lipinski definition) is 6. The molecule has 2 heterocycles. The van der Waals surface area contributed by atoms with Crippen LogP contribution in [-0.4, -0.2) is 33.0 Å². The molecule has 1 aliphatic heterocycles. The molecule has 0 bridgehead atoms. The van der Waals surface area contributed by atoms with Crippen molar-refractivity contribution in [1.82, 2.24) is 14.9 Å². The van der Waals surface area contributed by atoms with Gasteiger partial charge < -0.3 is 14.6 Å². The minimum Gasteiger partial charge on any atom is -0.454 e. The van der Waals surface area contributed by atoms with E-state index < -0.39 is 29.5 Å². The Bertz CT molecular complexity index is 802. The van der Waals surface area contributed by atoms with Crippen LogP contribution >= 0.6 is 0 Å². The smallest absolute Gasteiger partial charge is 0.303 e. The summed E-state index contributed by atoms with van der Waals surface area (Å²) in [5.74, 6) is -1.34. The molecule has 3 rings (SSSR count). The molecule has 1 aliphatic carbocycles. The van der Waals surface area contributed by atoms with Gasteiger partial charge in [0.1, 0.15) is 11.4 Å². The molecule has 8 nitrogen and oxygen atoms in total. The van der Waals surface area contributed by atoms with Crippen LogP contribution in [0.1, 0.15) is 60.1 Å². The number of carbonyl (C=O) groups excluding carboxylic acids is 4. The normalized spacial score (nSPS) is 19.5. The molecule has 0 spiro atoms. The number of esters is 1. The van der Waals surface area contributed by atoms with Gasteiger partial charge in [0.15, 0.2) is 11.9 Å². The summed E-state index contributed by atoms with van der Waals surface area (Å²) in [6.45, 7) is 4.46. The zero-order valence-electron chi connectivity index (χ0n) is 12.9. The lowest BCUT2D eigenvalue weighted by molar-refractivity contribution is -0.146. The fraction of sp³-hybridized carbons (Fsp3) is 0.400. The number of hydrogen-bond donors (Lipinski definition) is 1. The first kappa shape index (κ1) is 15.1. The molecule has 1 unspecified atom stereocenters. The van der Waals surface area contributed by atoms with Gasteiger partial charge in [-0.15, -0.1) is 0 Å². The van der Waals surface area contributed by atoms with Gasteiger partial charge in [-0.05, 0) is 6.92 Å². The number of nitrogens with one attached hydrogen (secondary N) is 1. The number of amides is 1. The van der Waals surface area contributed by atoms with Crippen LogP contribution in [0.4, 0.5) is 0 Å². The van der Waals surface area contributed by atoms with E-state index in [0.717, 1.165) is 0 Å². The van der Waals surface area contributed by atoms with Crippen molar-refractivity contribution in [3.8, 4) is 0 Å². The second kappa shape index (κ2) is 5.15. The Morgan fingerprint density at radius 2 is 1.96 bits per heavy atom. The molecule has 0 saturated carbocycles. The van der Waals surface area contributed by atoms with Crippen LogP contribution in [0.3, 0.4) is 0 Å². The monoisotopic (exact) mass is 317 g/mol. The average molecular weight is 317 g/mol. The summed E-state index contributed by atoms with van der Waals surface area (Å²) in [6, 6.07) is 0. The lowest BCUT2D eigenvalue weighted by atomic mass is 9.95. The van der Waals surface area contributed by atoms with E-state index in [1.54, 1.807) is 4.57 Å². The fourth-order valence-corrected chi connectivity index (χ4v) is 2.92. The molecule has 1 aromatic rings. The lowest BCUT2D eigenvalue weighted by Crippen LogP contribution is -2.33. The highest BCUT2D eigenvalue weighted by atomic mass is 16.5. The Hall–Kier alpha value is -2.77. The summed E-state index contributed by atoms with van der Waals surface area (Å²) in [7, 11) is 0. The quantitative estimate of drug-likeness (QED) is 0.804. The van der Waals surface area contributed by atoms with Gasteiger partial charge in [-0.2, -0.15) is 0 Å². The van der Waals surface area contributed by atoms with Crippen LogP contribution in [0.15, 0.2) is 11.3 Å². The predicted molar refractivity (Wildman–Crippen MR) is 76.5 cm³/mol. The molecule has 1 amide bonds. The molecule has 0 saturated heterocycles. The summed E-state index contributed by atoms with van der Waals surface area (Å²) in [6.07, 6.45) is -0.0716. The van der Waals surface area contributed by atoms with Crippen LogP contribution in [0.2, 0.25) is 0 Å². The summed E-state index contributed by atoms with van der Waals surface area (Å²) < 4.78 is 6.77. The van der Waals surface area contributed by atoms with Crippen LogP contribution < -0.4 is 5.32 Å². The first-order valence-corrected chi connectivity index (χ1v) is 7.16. The standard InChI is InChI=1S/C15H15N3O5/c1-6-10(16-7(2)19)14(22)12-11(13(6)21)17-15-9(23-8(3)20)4-5-18(12)15/h9H,4-5H2,1-3H3,(H,16,19). The van der Waals surface area contributed by atoms with Crippen molar-refractivity contribution in [3.05, 3.63) is 28.5 Å². The number of rotatable bonds is 2. The Labute approximate surface area is 131 Å². The van der Waals surface area contributed by atoms with Crippen molar-refractivity contribution in [1.29, 1.82) is 0 Å².